The predicted molar refractivity (Wildman–Crippen MR) is 51.1 cm³/mol. The Morgan fingerprint density at radius 3 is 1.82 bits per heavy atom. The van der Waals surface area contributed by atoms with Gasteiger partial charge in [0.05, 0.1) is 0 Å². The van der Waals surface area contributed by atoms with E-state index in [-0.39, 0.29) is 0 Å². The van der Waals surface area contributed by atoms with E-state index in [1.807, 2.05) is 6.92 Å². The third kappa shape index (κ3) is 26.0. The maximum atomic E-state index is 8.11. The van der Waals surface area contributed by atoms with E-state index >= 15 is 0 Å². The second-order valence-corrected chi connectivity index (χ2v) is 2.68. The molecule has 0 aromatic rings. The number of aliphatic hydroxyl groups excluding tert-OH is 1. The summed E-state index contributed by atoms with van der Waals surface area (Å²) in [5, 5.41) is 19.7. The molecule has 0 rings (SSSR count). The van der Waals surface area contributed by atoms with Gasteiger partial charge in [-0.05, 0) is 17.2 Å². The summed E-state index contributed by atoms with van der Waals surface area (Å²) in [7, 11) is 0. The molecule has 0 aliphatic rings. The molecule has 0 unspecified atom stereocenters. The number of rotatable bonds is 4. The highest BCUT2D eigenvalue weighted by Crippen LogP contribution is 1.96. The molecule has 2 N–H and O–H groups in total. The Kier molecular flexibility index (Phi) is 15.1. The van der Waals surface area contributed by atoms with Crippen molar-refractivity contribution in [3.8, 4) is 0 Å². The third-order valence-corrected chi connectivity index (χ3v) is 1.12. The van der Waals surface area contributed by atoms with Crippen molar-refractivity contribution in [1.29, 1.82) is 0 Å². The van der Waals surface area contributed by atoms with Gasteiger partial charge in [-0.3, -0.25) is 0 Å². The van der Waals surface area contributed by atoms with Gasteiger partial charge in [-0.25, -0.2) is 0 Å². The summed E-state index contributed by atoms with van der Waals surface area (Å²) in [5.41, 5.74) is 0. The summed E-state index contributed by atoms with van der Waals surface area (Å²) in [5.74, 6) is 0. The first-order valence-corrected chi connectivity index (χ1v) is 4.36. The fourth-order valence-corrected chi connectivity index (χ4v) is 0.462. The van der Waals surface area contributed by atoms with E-state index in [2.05, 4.69) is 13.2 Å². The summed E-state index contributed by atoms with van der Waals surface area (Å²) in [6.45, 7) is 8.79. The molecule has 0 aromatic heterocycles. The van der Waals surface area contributed by atoms with Crippen LogP contribution in [0.3, 0.4) is 0 Å². The number of hydrogen-bond donors (Lipinski definition) is 2. The summed E-state index contributed by atoms with van der Waals surface area (Å²) in [6, 6.07) is 0. The quantitative estimate of drug-likeness (QED) is 0.644. The second kappa shape index (κ2) is 12.4. The molecule has 0 radical (unpaired) electrons. The molecule has 0 atom stereocenters. The highest BCUT2D eigenvalue weighted by molar-refractivity contribution is 8.04. The smallest absolute Gasteiger partial charge is 0.151 e. The van der Waals surface area contributed by atoms with E-state index in [9.17, 15) is 0 Å². The molecular formula is C8H16O2S. The topological polar surface area (TPSA) is 40.5 Å². The van der Waals surface area contributed by atoms with E-state index in [1.54, 1.807) is 10.8 Å². The van der Waals surface area contributed by atoms with Crippen molar-refractivity contribution < 1.29 is 10.2 Å². The Balaban J connectivity index is 0. The largest absolute Gasteiger partial charge is 0.368 e. The molecule has 0 amide bonds. The van der Waals surface area contributed by atoms with Crippen molar-refractivity contribution in [2.75, 3.05) is 0 Å². The van der Waals surface area contributed by atoms with Crippen molar-refractivity contribution in [2.24, 2.45) is 0 Å². The molecule has 0 aliphatic carbocycles. The fraction of sp³-hybridized carbons (Fsp3) is 0.500. The van der Waals surface area contributed by atoms with Gasteiger partial charge in [0.2, 0.25) is 0 Å². The molecule has 0 saturated heterocycles. The molecule has 0 fully saturated rings. The number of aliphatic hydroxyl groups is 2. The Morgan fingerprint density at radius 2 is 1.82 bits per heavy atom. The van der Waals surface area contributed by atoms with Gasteiger partial charge in [-0.15, -0.1) is 11.8 Å². The average molecular weight is 176 g/mol. The second-order valence-electron chi connectivity index (χ2n) is 1.74. The zero-order valence-corrected chi connectivity index (χ0v) is 7.68. The van der Waals surface area contributed by atoms with Gasteiger partial charge in [0.1, 0.15) is 0 Å². The molecule has 0 heterocycles. The van der Waals surface area contributed by atoms with Crippen molar-refractivity contribution in [3.63, 3.8) is 0 Å². The molecule has 0 bridgehead atoms. The van der Waals surface area contributed by atoms with Crippen LogP contribution in [0, 0.1) is 0 Å². The lowest BCUT2D eigenvalue weighted by molar-refractivity contribution is -0.0453. The van der Waals surface area contributed by atoms with Crippen LogP contribution < -0.4 is 0 Å². The first kappa shape index (κ1) is 13.3. The normalized spacial score (nSPS) is 8.36. The van der Waals surface area contributed by atoms with Gasteiger partial charge in [0.15, 0.2) is 6.29 Å². The van der Waals surface area contributed by atoms with Gasteiger partial charge in [0.25, 0.3) is 0 Å². The SMILES string of the molecule is C=CSC=C.CCCC(O)O. The Labute approximate surface area is 72.6 Å². The molecule has 2 nitrogen and oxygen atoms in total. The Hall–Kier alpha value is -0.250. The summed E-state index contributed by atoms with van der Waals surface area (Å²) < 4.78 is 0. The Bertz CT molecular complexity index is 86.1. The molecular weight excluding hydrogens is 160 g/mol. The zero-order chi connectivity index (χ0) is 9.11. The minimum Gasteiger partial charge on any atom is -0.368 e. The van der Waals surface area contributed by atoms with Crippen LogP contribution in [0.25, 0.3) is 0 Å². The lowest BCUT2D eigenvalue weighted by Crippen LogP contribution is -2.01. The van der Waals surface area contributed by atoms with Crippen molar-refractivity contribution in [1.82, 2.24) is 0 Å². The van der Waals surface area contributed by atoms with Gasteiger partial charge in [-0.2, -0.15) is 0 Å². The van der Waals surface area contributed by atoms with E-state index in [4.69, 9.17) is 10.2 Å². The molecule has 0 spiro atoms. The number of thioether (sulfide) groups is 1. The fourth-order valence-electron chi connectivity index (χ4n) is 0.326. The molecule has 0 saturated carbocycles. The summed E-state index contributed by atoms with van der Waals surface area (Å²) in [4.78, 5) is 0. The molecule has 0 aliphatic heterocycles. The van der Waals surface area contributed by atoms with Crippen LogP contribution in [0.1, 0.15) is 19.8 Å². The highest BCUT2D eigenvalue weighted by atomic mass is 32.2. The van der Waals surface area contributed by atoms with Gasteiger partial charge in [0, 0.05) is 0 Å². The highest BCUT2D eigenvalue weighted by Gasteiger charge is 1.89. The lowest BCUT2D eigenvalue weighted by Gasteiger charge is -1.94. The monoisotopic (exact) mass is 176 g/mol. The molecule has 11 heavy (non-hydrogen) atoms. The molecule has 0 aromatic carbocycles. The first-order chi connectivity index (χ1) is 5.18. The summed E-state index contributed by atoms with van der Waals surface area (Å²) >= 11 is 1.49. The summed E-state index contributed by atoms with van der Waals surface area (Å²) in [6.07, 6.45) is 0.215. The predicted octanol–water partition coefficient (Wildman–Crippen LogP) is 2.10. The Morgan fingerprint density at radius 1 is 1.36 bits per heavy atom. The maximum absolute atomic E-state index is 8.11. The number of hydrogen-bond acceptors (Lipinski definition) is 3. The van der Waals surface area contributed by atoms with Crippen LogP contribution in [0.4, 0.5) is 0 Å². The third-order valence-electron chi connectivity index (χ3n) is 0.739. The van der Waals surface area contributed by atoms with Crippen molar-refractivity contribution >= 4 is 11.8 Å². The van der Waals surface area contributed by atoms with Crippen LogP contribution in [-0.4, -0.2) is 16.5 Å². The van der Waals surface area contributed by atoms with Gasteiger partial charge >= 0.3 is 0 Å². The van der Waals surface area contributed by atoms with E-state index in [0.29, 0.717) is 6.42 Å². The molecule has 66 valence electrons. The lowest BCUT2D eigenvalue weighted by atomic mass is 10.3. The van der Waals surface area contributed by atoms with Crippen LogP contribution in [0.5, 0.6) is 0 Å². The maximum Gasteiger partial charge on any atom is 0.151 e. The minimum absolute atomic E-state index is 0.486. The minimum atomic E-state index is -1.10. The average Bonchev–Trinajstić information content (AvgIpc) is 1.90. The van der Waals surface area contributed by atoms with Crippen LogP contribution in [-0.2, 0) is 0 Å². The first-order valence-electron chi connectivity index (χ1n) is 3.42. The van der Waals surface area contributed by atoms with Crippen LogP contribution in [0.15, 0.2) is 24.0 Å². The van der Waals surface area contributed by atoms with Crippen molar-refractivity contribution in [3.05, 3.63) is 24.0 Å². The van der Waals surface area contributed by atoms with Crippen LogP contribution in [0.2, 0.25) is 0 Å². The standard InChI is InChI=1S/C4H10O2.C4H6S/c1-2-3-4(5)6;1-3-5-4-2/h4-6H,2-3H2,1H3;3-4H,1-2H2. The van der Waals surface area contributed by atoms with E-state index in [0.717, 1.165) is 6.42 Å². The zero-order valence-electron chi connectivity index (χ0n) is 6.86. The van der Waals surface area contributed by atoms with E-state index in [1.165, 1.54) is 11.8 Å². The van der Waals surface area contributed by atoms with E-state index < -0.39 is 6.29 Å². The van der Waals surface area contributed by atoms with Crippen LogP contribution >= 0.6 is 11.8 Å². The van der Waals surface area contributed by atoms with Gasteiger partial charge < -0.3 is 10.2 Å². The molecule has 3 heteroatoms. The van der Waals surface area contributed by atoms with Crippen molar-refractivity contribution in [2.45, 2.75) is 26.1 Å². The van der Waals surface area contributed by atoms with Gasteiger partial charge in [-0.1, -0.05) is 26.5 Å².